The van der Waals surface area contributed by atoms with Gasteiger partial charge in [-0.05, 0) is 46.6 Å². The van der Waals surface area contributed by atoms with E-state index in [1.807, 2.05) is 25.1 Å². The van der Waals surface area contributed by atoms with E-state index < -0.39 is 5.82 Å². The van der Waals surface area contributed by atoms with Crippen LogP contribution in [0.5, 0.6) is 5.75 Å². The quantitative estimate of drug-likeness (QED) is 0.868. The summed E-state index contributed by atoms with van der Waals surface area (Å²) in [5.74, 6) is 0.267. The van der Waals surface area contributed by atoms with Crippen molar-refractivity contribution in [1.82, 2.24) is 0 Å². The first-order valence-corrected chi connectivity index (χ1v) is 6.29. The van der Waals surface area contributed by atoms with E-state index in [1.54, 1.807) is 12.1 Å². The number of nitrogen functional groups attached to an aromatic ring is 1. The average molecular weight is 310 g/mol. The topological polar surface area (TPSA) is 35.2 Å². The van der Waals surface area contributed by atoms with Gasteiger partial charge in [0.2, 0.25) is 0 Å². The molecule has 0 aliphatic rings. The SMILES string of the molecule is Cc1ccc(OCc2cccc(N)c2F)c(Br)c1. The third-order valence-corrected chi connectivity index (χ3v) is 3.20. The lowest BCUT2D eigenvalue weighted by molar-refractivity contribution is 0.298. The second-order valence-electron chi connectivity index (χ2n) is 4.04. The molecule has 94 valence electrons. The third-order valence-electron chi connectivity index (χ3n) is 2.58. The number of anilines is 1. The number of rotatable bonds is 3. The highest BCUT2D eigenvalue weighted by Gasteiger charge is 2.07. The van der Waals surface area contributed by atoms with Gasteiger partial charge < -0.3 is 10.5 Å². The number of ether oxygens (including phenoxy) is 1. The first-order chi connectivity index (χ1) is 8.58. The lowest BCUT2D eigenvalue weighted by atomic mass is 10.2. The Labute approximate surface area is 114 Å². The lowest BCUT2D eigenvalue weighted by Gasteiger charge is -2.10. The molecule has 0 amide bonds. The fraction of sp³-hybridized carbons (Fsp3) is 0.143. The smallest absolute Gasteiger partial charge is 0.152 e. The molecule has 18 heavy (non-hydrogen) atoms. The summed E-state index contributed by atoms with van der Waals surface area (Å²) in [7, 11) is 0. The molecule has 0 atom stereocenters. The Morgan fingerprint density at radius 1 is 1.28 bits per heavy atom. The second-order valence-corrected chi connectivity index (χ2v) is 4.90. The highest BCUT2D eigenvalue weighted by Crippen LogP contribution is 2.27. The van der Waals surface area contributed by atoms with Crippen molar-refractivity contribution in [3.63, 3.8) is 0 Å². The van der Waals surface area contributed by atoms with Crippen LogP contribution in [0.1, 0.15) is 11.1 Å². The van der Waals surface area contributed by atoms with Crippen LogP contribution in [0.25, 0.3) is 0 Å². The van der Waals surface area contributed by atoms with Crippen molar-refractivity contribution in [2.75, 3.05) is 5.73 Å². The zero-order chi connectivity index (χ0) is 13.1. The fourth-order valence-corrected chi connectivity index (χ4v) is 2.20. The van der Waals surface area contributed by atoms with Gasteiger partial charge in [0.05, 0.1) is 10.2 Å². The van der Waals surface area contributed by atoms with E-state index in [1.165, 1.54) is 6.07 Å². The van der Waals surface area contributed by atoms with Gasteiger partial charge in [-0.2, -0.15) is 0 Å². The van der Waals surface area contributed by atoms with E-state index in [4.69, 9.17) is 10.5 Å². The molecule has 4 heteroatoms. The van der Waals surface area contributed by atoms with Crippen molar-refractivity contribution in [3.05, 3.63) is 57.8 Å². The molecule has 2 aromatic rings. The highest BCUT2D eigenvalue weighted by atomic mass is 79.9. The molecule has 0 fully saturated rings. The summed E-state index contributed by atoms with van der Waals surface area (Å²) >= 11 is 3.41. The molecule has 0 radical (unpaired) electrons. The Balaban J connectivity index is 2.14. The Morgan fingerprint density at radius 2 is 2.06 bits per heavy atom. The van der Waals surface area contributed by atoms with Crippen molar-refractivity contribution in [2.24, 2.45) is 0 Å². The number of nitrogens with two attached hydrogens (primary N) is 1. The van der Waals surface area contributed by atoms with E-state index in [9.17, 15) is 4.39 Å². The van der Waals surface area contributed by atoms with Gasteiger partial charge in [-0.1, -0.05) is 18.2 Å². The third kappa shape index (κ3) is 2.82. The molecule has 0 spiro atoms. The van der Waals surface area contributed by atoms with Crippen LogP contribution in [-0.2, 0) is 6.61 Å². The number of halogens is 2. The molecular formula is C14H13BrFNO. The van der Waals surface area contributed by atoms with Crippen LogP contribution in [0.2, 0.25) is 0 Å². The minimum atomic E-state index is -0.416. The minimum Gasteiger partial charge on any atom is -0.488 e. The maximum atomic E-state index is 13.7. The van der Waals surface area contributed by atoms with Crippen molar-refractivity contribution < 1.29 is 9.13 Å². The lowest BCUT2D eigenvalue weighted by Crippen LogP contribution is -2.01. The maximum absolute atomic E-state index is 13.7. The van der Waals surface area contributed by atoms with E-state index >= 15 is 0 Å². The van der Waals surface area contributed by atoms with Gasteiger partial charge in [0.1, 0.15) is 12.4 Å². The Kier molecular flexibility index (Phi) is 3.87. The first kappa shape index (κ1) is 12.9. The predicted molar refractivity (Wildman–Crippen MR) is 74.0 cm³/mol. The second kappa shape index (κ2) is 5.40. The Bertz CT molecular complexity index is 572. The molecule has 2 rings (SSSR count). The summed E-state index contributed by atoms with van der Waals surface area (Å²) in [4.78, 5) is 0. The molecule has 0 aliphatic carbocycles. The summed E-state index contributed by atoms with van der Waals surface area (Å²) in [5.41, 5.74) is 7.21. The van der Waals surface area contributed by atoms with Crippen molar-refractivity contribution in [3.8, 4) is 5.75 Å². The van der Waals surface area contributed by atoms with Crippen LogP contribution in [0, 0.1) is 12.7 Å². The van der Waals surface area contributed by atoms with Crippen LogP contribution in [0.3, 0.4) is 0 Å². The molecule has 0 aliphatic heterocycles. The summed E-state index contributed by atoms with van der Waals surface area (Å²) in [6.07, 6.45) is 0. The summed E-state index contributed by atoms with van der Waals surface area (Å²) in [6, 6.07) is 10.6. The molecule has 0 saturated heterocycles. The summed E-state index contributed by atoms with van der Waals surface area (Å²) in [6.45, 7) is 2.14. The normalized spacial score (nSPS) is 10.4. The van der Waals surface area contributed by atoms with Gasteiger partial charge in [0, 0.05) is 5.56 Å². The Morgan fingerprint density at radius 3 is 2.78 bits per heavy atom. The zero-order valence-electron chi connectivity index (χ0n) is 9.91. The molecule has 0 aromatic heterocycles. The molecular weight excluding hydrogens is 297 g/mol. The molecule has 0 unspecified atom stereocenters. The van der Waals surface area contributed by atoms with Gasteiger partial charge in [0.25, 0.3) is 0 Å². The molecule has 0 bridgehead atoms. The van der Waals surface area contributed by atoms with Crippen molar-refractivity contribution >= 4 is 21.6 Å². The first-order valence-electron chi connectivity index (χ1n) is 5.50. The Hall–Kier alpha value is -1.55. The number of hydrogen-bond donors (Lipinski definition) is 1. The van der Waals surface area contributed by atoms with E-state index in [-0.39, 0.29) is 12.3 Å². The summed E-state index contributed by atoms with van der Waals surface area (Å²) < 4.78 is 20.1. The van der Waals surface area contributed by atoms with Crippen LogP contribution < -0.4 is 10.5 Å². The monoisotopic (exact) mass is 309 g/mol. The van der Waals surface area contributed by atoms with Crippen LogP contribution in [0.4, 0.5) is 10.1 Å². The predicted octanol–water partition coefficient (Wildman–Crippen LogP) is 4.06. The van der Waals surface area contributed by atoms with Gasteiger partial charge in [-0.3, -0.25) is 0 Å². The van der Waals surface area contributed by atoms with Gasteiger partial charge in [-0.15, -0.1) is 0 Å². The summed E-state index contributed by atoms with van der Waals surface area (Å²) in [5, 5.41) is 0. The molecule has 0 saturated carbocycles. The van der Waals surface area contributed by atoms with Gasteiger partial charge >= 0.3 is 0 Å². The van der Waals surface area contributed by atoms with E-state index in [0.29, 0.717) is 11.3 Å². The fourth-order valence-electron chi connectivity index (χ4n) is 1.59. The standard InChI is InChI=1S/C14H13BrFNO/c1-9-5-6-13(11(15)7-9)18-8-10-3-2-4-12(17)14(10)16/h2-7H,8,17H2,1H3. The van der Waals surface area contributed by atoms with Gasteiger partial charge in [0.15, 0.2) is 5.82 Å². The maximum Gasteiger partial charge on any atom is 0.152 e. The minimum absolute atomic E-state index is 0.138. The molecule has 2 nitrogen and oxygen atoms in total. The van der Waals surface area contributed by atoms with E-state index in [2.05, 4.69) is 15.9 Å². The average Bonchev–Trinajstić information content (AvgIpc) is 2.33. The van der Waals surface area contributed by atoms with Crippen molar-refractivity contribution in [2.45, 2.75) is 13.5 Å². The van der Waals surface area contributed by atoms with Crippen LogP contribution in [0.15, 0.2) is 40.9 Å². The molecule has 2 aromatic carbocycles. The van der Waals surface area contributed by atoms with Crippen LogP contribution in [-0.4, -0.2) is 0 Å². The van der Waals surface area contributed by atoms with Crippen molar-refractivity contribution in [1.29, 1.82) is 0 Å². The zero-order valence-corrected chi connectivity index (χ0v) is 11.5. The highest BCUT2D eigenvalue weighted by molar-refractivity contribution is 9.10. The van der Waals surface area contributed by atoms with Crippen LogP contribution >= 0.6 is 15.9 Å². The number of hydrogen-bond acceptors (Lipinski definition) is 2. The van der Waals surface area contributed by atoms with Gasteiger partial charge in [-0.25, -0.2) is 4.39 Å². The van der Waals surface area contributed by atoms with E-state index in [0.717, 1.165) is 10.0 Å². The number of benzene rings is 2. The largest absolute Gasteiger partial charge is 0.488 e. The molecule has 2 N–H and O–H groups in total. The number of aryl methyl sites for hydroxylation is 1. The molecule has 0 heterocycles.